The van der Waals surface area contributed by atoms with Crippen molar-refractivity contribution < 1.29 is 8.42 Å². The van der Waals surface area contributed by atoms with Crippen LogP contribution in [0.25, 0.3) is 0 Å². The van der Waals surface area contributed by atoms with Gasteiger partial charge in [0, 0.05) is 20.1 Å². The van der Waals surface area contributed by atoms with Gasteiger partial charge in [0.15, 0.2) is 0 Å². The molecule has 0 spiro atoms. The fourth-order valence-electron chi connectivity index (χ4n) is 1.15. The van der Waals surface area contributed by atoms with Crippen LogP contribution < -0.4 is 5.32 Å². The molecule has 0 aromatic carbocycles. The lowest BCUT2D eigenvalue weighted by Crippen LogP contribution is -2.32. The molecule has 86 valence electrons. The van der Waals surface area contributed by atoms with Crippen molar-refractivity contribution in [2.45, 2.75) is 11.1 Å². The zero-order valence-corrected chi connectivity index (χ0v) is 10.8. The van der Waals surface area contributed by atoms with E-state index < -0.39 is 10.0 Å². The summed E-state index contributed by atoms with van der Waals surface area (Å²) in [4.78, 5) is 0. The van der Waals surface area contributed by atoms with Crippen LogP contribution in [0.15, 0.2) is 15.7 Å². The normalized spacial score (nSPS) is 12.3. The fourth-order valence-corrected chi connectivity index (χ4v) is 3.93. The molecule has 1 heterocycles. The Labute approximate surface area is 95.0 Å². The van der Waals surface area contributed by atoms with Crippen molar-refractivity contribution in [3.63, 3.8) is 0 Å². The molecule has 0 fully saturated rings. The van der Waals surface area contributed by atoms with Gasteiger partial charge in [-0.15, -0.1) is 11.3 Å². The zero-order valence-electron chi connectivity index (χ0n) is 9.15. The zero-order chi connectivity index (χ0) is 11.5. The predicted octanol–water partition coefficient (Wildman–Crippen LogP) is 0.896. The number of thiophene rings is 1. The average molecular weight is 248 g/mol. The summed E-state index contributed by atoms with van der Waals surface area (Å²) < 4.78 is 25.9. The van der Waals surface area contributed by atoms with Crippen LogP contribution in [0.5, 0.6) is 0 Å². The lowest BCUT2D eigenvalue weighted by Gasteiger charge is -2.16. The second-order valence-corrected chi connectivity index (χ2v) is 6.48. The second-order valence-electron chi connectivity index (χ2n) is 3.32. The van der Waals surface area contributed by atoms with Gasteiger partial charge in [-0.3, -0.25) is 0 Å². The first-order valence-electron chi connectivity index (χ1n) is 4.65. The van der Waals surface area contributed by atoms with Crippen LogP contribution in [0.2, 0.25) is 0 Å². The molecule has 1 N–H and O–H groups in total. The lowest BCUT2D eigenvalue weighted by atomic mass is 10.4. The number of aryl methyl sites for hydroxylation is 1. The topological polar surface area (TPSA) is 49.4 Å². The number of hydrogen-bond acceptors (Lipinski definition) is 4. The SMILES string of the molecule is CNCCN(C)S(=O)(=O)c1sccc1C. The highest BCUT2D eigenvalue weighted by Crippen LogP contribution is 2.24. The summed E-state index contributed by atoms with van der Waals surface area (Å²) in [5, 5.41) is 4.73. The maximum Gasteiger partial charge on any atom is 0.252 e. The molecule has 0 saturated carbocycles. The van der Waals surface area contributed by atoms with Crippen LogP contribution in [0.1, 0.15) is 5.56 Å². The quantitative estimate of drug-likeness (QED) is 0.842. The number of nitrogens with one attached hydrogen (secondary N) is 1. The van der Waals surface area contributed by atoms with Crippen molar-refractivity contribution >= 4 is 21.4 Å². The Kier molecular flexibility index (Phi) is 4.27. The van der Waals surface area contributed by atoms with Crippen LogP contribution >= 0.6 is 11.3 Å². The minimum absolute atomic E-state index is 0.445. The largest absolute Gasteiger partial charge is 0.318 e. The first-order valence-corrected chi connectivity index (χ1v) is 6.97. The summed E-state index contributed by atoms with van der Waals surface area (Å²) in [7, 11) is 0.119. The van der Waals surface area contributed by atoms with E-state index in [9.17, 15) is 8.42 Å². The Hall–Kier alpha value is -0.430. The highest BCUT2D eigenvalue weighted by molar-refractivity contribution is 7.91. The van der Waals surface area contributed by atoms with Crippen molar-refractivity contribution in [2.24, 2.45) is 0 Å². The number of nitrogens with zero attached hydrogens (tertiary/aromatic N) is 1. The van der Waals surface area contributed by atoms with Crippen LogP contribution in [0.4, 0.5) is 0 Å². The minimum atomic E-state index is -3.29. The van der Waals surface area contributed by atoms with Crippen molar-refractivity contribution in [1.82, 2.24) is 9.62 Å². The van der Waals surface area contributed by atoms with Crippen LogP contribution in [-0.4, -0.2) is 39.9 Å². The van der Waals surface area contributed by atoms with Gasteiger partial charge in [0.2, 0.25) is 0 Å². The van der Waals surface area contributed by atoms with Gasteiger partial charge in [0.05, 0.1) is 0 Å². The van der Waals surface area contributed by atoms with Crippen molar-refractivity contribution in [3.8, 4) is 0 Å². The molecule has 0 saturated heterocycles. The van der Waals surface area contributed by atoms with Crippen LogP contribution in [-0.2, 0) is 10.0 Å². The van der Waals surface area contributed by atoms with Crippen LogP contribution in [0.3, 0.4) is 0 Å². The predicted molar refractivity (Wildman–Crippen MR) is 62.8 cm³/mol. The lowest BCUT2D eigenvalue weighted by molar-refractivity contribution is 0.467. The molecule has 0 bridgehead atoms. The smallest absolute Gasteiger partial charge is 0.252 e. The van der Waals surface area contributed by atoms with Gasteiger partial charge in [0.1, 0.15) is 4.21 Å². The Morgan fingerprint density at radius 2 is 2.20 bits per heavy atom. The van der Waals surface area contributed by atoms with Gasteiger partial charge >= 0.3 is 0 Å². The molecule has 4 nitrogen and oxygen atoms in total. The highest BCUT2D eigenvalue weighted by Gasteiger charge is 2.23. The molecule has 0 atom stereocenters. The first kappa shape index (κ1) is 12.6. The standard InChI is InChI=1S/C9H16N2O2S2/c1-8-4-7-14-9(8)15(12,13)11(3)6-5-10-2/h4,7,10H,5-6H2,1-3H3. The Morgan fingerprint density at radius 1 is 1.53 bits per heavy atom. The second kappa shape index (κ2) is 5.07. The molecule has 0 aliphatic heterocycles. The monoisotopic (exact) mass is 248 g/mol. The average Bonchev–Trinajstić information content (AvgIpc) is 2.61. The number of hydrogen-bond donors (Lipinski definition) is 1. The molecule has 1 rings (SSSR count). The van der Waals surface area contributed by atoms with Gasteiger partial charge in [0.25, 0.3) is 10.0 Å². The van der Waals surface area contributed by atoms with E-state index in [0.717, 1.165) is 5.56 Å². The molecule has 15 heavy (non-hydrogen) atoms. The third-order valence-corrected chi connectivity index (χ3v) is 5.66. The third-order valence-electron chi connectivity index (χ3n) is 2.14. The van der Waals surface area contributed by atoms with Gasteiger partial charge in [-0.25, -0.2) is 8.42 Å². The molecular weight excluding hydrogens is 232 g/mol. The highest BCUT2D eigenvalue weighted by atomic mass is 32.2. The summed E-state index contributed by atoms with van der Waals surface area (Å²) in [6, 6.07) is 1.82. The van der Waals surface area contributed by atoms with Crippen molar-refractivity contribution in [1.29, 1.82) is 0 Å². The van der Waals surface area contributed by atoms with E-state index in [1.54, 1.807) is 19.5 Å². The van der Waals surface area contributed by atoms with E-state index in [4.69, 9.17) is 0 Å². The van der Waals surface area contributed by atoms with Crippen LogP contribution in [0, 0.1) is 6.92 Å². The maximum atomic E-state index is 12.0. The number of rotatable bonds is 5. The molecule has 0 unspecified atom stereocenters. The molecule has 0 amide bonds. The van der Waals surface area contributed by atoms with E-state index in [1.807, 2.05) is 13.0 Å². The summed E-state index contributed by atoms with van der Waals surface area (Å²) in [5.41, 5.74) is 0.816. The molecule has 6 heteroatoms. The summed E-state index contributed by atoms with van der Waals surface area (Å²) in [5.74, 6) is 0. The molecule has 1 aromatic heterocycles. The Bertz CT molecular complexity index is 412. The molecule has 0 aliphatic carbocycles. The Morgan fingerprint density at radius 3 is 2.67 bits per heavy atom. The summed E-state index contributed by atoms with van der Waals surface area (Å²) in [6.07, 6.45) is 0. The minimum Gasteiger partial charge on any atom is -0.318 e. The van der Waals surface area contributed by atoms with Gasteiger partial charge < -0.3 is 5.32 Å². The summed E-state index contributed by atoms with van der Waals surface area (Å²) in [6.45, 7) is 2.95. The first-order chi connectivity index (χ1) is 7.00. The van der Waals surface area contributed by atoms with E-state index in [-0.39, 0.29) is 0 Å². The maximum absolute atomic E-state index is 12.0. The van der Waals surface area contributed by atoms with E-state index >= 15 is 0 Å². The van der Waals surface area contributed by atoms with Gasteiger partial charge in [-0.2, -0.15) is 4.31 Å². The summed E-state index contributed by atoms with van der Waals surface area (Å²) >= 11 is 1.27. The van der Waals surface area contributed by atoms with Crippen molar-refractivity contribution in [2.75, 3.05) is 27.2 Å². The molecule has 0 radical (unpaired) electrons. The number of likely N-dealkylation sites (N-methyl/N-ethyl adjacent to an activating group) is 2. The van der Waals surface area contributed by atoms with Crippen molar-refractivity contribution in [3.05, 3.63) is 17.0 Å². The fraction of sp³-hybridized carbons (Fsp3) is 0.556. The van der Waals surface area contributed by atoms with Gasteiger partial charge in [-0.1, -0.05) is 0 Å². The Balaban J connectivity index is 2.88. The third kappa shape index (κ3) is 2.78. The van der Waals surface area contributed by atoms with E-state index in [2.05, 4.69) is 5.32 Å². The molecule has 1 aromatic rings. The van der Waals surface area contributed by atoms with E-state index in [1.165, 1.54) is 15.6 Å². The number of sulfonamides is 1. The van der Waals surface area contributed by atoms with E-state index in [0.29, 0.717) is 17.3 Å². The van der Waals surface area contributed by atoms with Gasteiger partial charge in [-0.05, 0) is 31.0 Å². The molecular formula is C9H16N2O2S2. The molecule has 0 aliphatic rings.